The maximum atomic E-state index is 14.3. The second-order valence-corrected chi connectivity index (χ2v) is 6.71. The Hall–Kier alpha value is -2.27. The topological polar surface area (TPSA) is 40.5 Å². The van der Waals surface area contributed by atoms with Crippen molar-refractivity contribution >= 4 is 12.0 Å². The first-order valence-corrected chi connectivity index (χ1v) is 7.94. The van der Waals surface area contributed by atoms with Gasteiger partial charge in [0.25, 0.3) is 0 Å². The lowest BCUT2D eigenvalue weighted by Gasteiger charge is -2.26. The van der Waals surface area contributed by atoms with Gasteiger partial charge in [0.15, 0.2) is 11.6 Å². The molecule has 0 amide bonds. The van der Waals surface area contributed by atoms with Crippen molar-refractivity contribution in [3.05, 3.63) is 64.2 Å². The van der Waals surface area contributed by atoms with Gasteiger partial charge in [-0.15, -0.1) is 0 Å². The number of fused-ring (bicyclic) bond motifs is 2. The molecule has 0 saturated heterocycles. The minimum Gasteiger partial charge on any atom is -0.384 e. The molecule has 0 radical (unpaired) electrons. The van der Waals surface area contributed by atoms with E-state index in [0.717, 1.165) is 36.4 Å². The molecule has 2 aromatic carbocycles. The number of aliphatic hydroxyl groups excluding tert-OH is 1. The van der Waals surface area contributed by atoms with Crippen molar-refractivity contribution in [3.63, 3.8) is 0 Å². The summed E-state index contributed by atoms with van der Waals surface area (Å²) < 4.78 is 27.9. The molecule has 1 atom stereocenters. The van der Waals surface area contributed by atoms with Crippen LogP contribution in [0.5, 0.6) is 0 Å². The summed E-state index contributed by atoms with van der Waals surface area (Å²) in [5.41, 5.74) is 2.22. The molecule has 1 fully saturated rings. The van der Waals surface area contributed by atoms with Gasteiger partial charge in [-0.1, -0.05) is 24.3 Å². The van der Waals surface area contributed by atoms with Crippen molar-refractivity contribution < 1.29 is 18.7 Å². The Morgan fingerprint density at radius 1 is 1.21 bits per heavy atom. The van der Waals surface area contributed by atoms with Crippen LogP contribution in [0.25, 0.3) is 0 Å². The van der Waals surface area contributed by atoms with Crippen molar-refractivity contribution in [3.8, 4) is 0 Å². The number of para-hydroxylation sites is 1. The highest BCUT2D eigenvalue weighted by molar-refractivity contribution is 5.80. The van der Waals surface area contributed by atoms with Gasteiger partial charge < -0.3 is 14.8 Å². The Morgan fingerprint density at radius 3 is 2.62 bits per heavy atom. The average Bonchev–Trinajstić information content (AvgIpc) is 3.39. The van der Waals surface area contributed by atoms with Gasteiger partial charge >= 0.3 is 0 Å². The number of benzene rings is 2. The Bertz CT molecular complexity index is 846. The largest absolute Gasteiger partial charge is 0.384 e. The van der Waals surface area contributed by atoms with E-state index in [2.05, 4.69) is 0 Å². The van der Waals surface area contributed by atoms with Crippen LogP contribution in [0, 0.1) is 11.6 Å². The Kier molecular flexibility index (Phi) is 3.25. The molecule has 0 aromatic heterocycles. The summed E-state index contributed by atoms with van der Waals surface area (Å²) in [5, 5.41) is 10.8. The van der Waals surface area contributed by atoms with E-state index < -0.39 is 23.2 Å². The summed E-state index contributed by atoms with van der Waals surface area (Å²) in [7, 11) is 1.77. The molecule has 1 heterocycles. The zero-order valence-corrected chi connectivity index (χ0v) is 13.2. The summed E-state index contributed by atoms with van der Waals surface area (Å²) in [6.07, 6.45) is 1.44. The number of nitrogens with zero attached hydrogens (tertiary/aromatic N) is 1. The molecule has 1 N–H and O–H groups in total. The van der Waals surface area contributed by atoms with Gasteiger partial charge in [-0.3, -0.25) is 0 Å². The second-order valence-electron chi connectivity index (χ2n) is 6.71. The number of hydrogen-bond acceptors (Lipinski definition) is 3. The Labute approximate surface area is 138 Å². The summed E-state index contributed by atoms with van der Waals surface area (Å²) in [5.74, 6) is -1.85. The average molecular weight is 329 g/mol. The highest BCUT2D eigenvalue weighted by Crippen LogP contribution is 2.52. The summed E-state index contributed by atoms with van der Waals surface area (Å²) in [6, 6.07) is 7.94. The molecule has 5 heteroatoms. The van der Waals surface area contributed by atoms with Gasteiger partial charge in [0.2, 0.25) is 0 Å². The molecule has 2 aliphatic rings. The van der Waals surface area contributed by atoms with Crippen LogP contribution in [-0.4, -0.2) is 18.4 Å². The third-order valence-corrected chi connectivity index (χ3v) is 5.22. The van der Waals surface area contributed by atoms with E-state index in [1.807, 2.05) is 6.07 Å². The number of halogens is 2. The summed E-state index contributed by atoms with van der Waals surface area (Å²) >= 11 is 0. The minimum absolute atomic E-state index is 0.134. The van der Waals surface area contributed by atoms with Gasteiger partial charge in [-0.25, -0.2) is 8.78 Å². The quantitative estimate of drug-likeness (QED) is 0.860. The maximum Gasteiger partial charge on any atom is 0.164 e. The Morgan fingerprint density at radius 2 is 1.96 bits per heavy atom. The molecule has 2 aromatic rings. The zero-order valence-electron chi connectivity index (χ0n) is 13.2. The van der Waals surface area contributed by atoms with Gasteiger partial charge in [-0.05, 0) is 30.0 Å². The third kappa shape index (κ3) is 2.01. The van der Waals surface area contributed by atoms with Crippen LogP contribution in [0.1, 0.15) is 41.2 Å². The van der Waals surface area contributed by atoms with E-state index >= 15 is 0 Å². The van der Waals surface area contributed by atoms with Crippen molar-refractivity contribution in [1.82, 2.24) is 0 Å². The van der Waals surface area contributed by atoms with Crippen LogP contribution in [-0.2, 0) is 16.8 Å². The van der Waals surface area contributed by atoms with E-state index in [4.69, 9.17) is 0 Å². The fourth-order valence-corrected chi connectivity index (χ4v) is 3.70. The number of hydrogen-bond donors (Lipinski definition) is 1. The highest BCUT2D eigenvalue weighted by atomic mass is 19.2. The van der Waals surface area contributed by atoms with E-state index in [1.54, 1.807) is 24.1 Å². The predicted octanol–water partition coefficient (Wildman–Crippen LogP) is 3.23. The summed E-state index contributed by atoms with van der Waals surface area (Å²) in [6.45, 7) is 0.134. The monoisotopic (exact) mass is 329 g/mol. The van der Waals surface area contributed by atoms with Gasteiger partial charge in [-0.2, -0.15) is 0 Å². The summed E-state index contributed by atoms with van der Waals surface area (Å²) in [4.78, 5) is 13.4. The molecule has 1 unspecified atom stereocenters. The number of carbonyl (C=O) groups excluding carboxylic acids is 1. The van der Waals surface area contributed by atoms with Gasteiger partial charge in [0.1, 0.15) is 12.4 Å². The third-order valence-electron chi connectivity index (χ3n) is 5.22. The smallest absolute Gasteiger partial charge is 0.164 e. The lowest BCUT2D eigenvalue weighted by atomic mass is 9.90. The van der Waals surface area contributed by atoms with Crippen LogP contribution in [0.2, 0.25) is 0 Å². The normalized spacial score (nSPS) is 20.8. The fraction of sp³-hybridized carbons (Fsp3) is 0.316. The highest BCUT2D eigenvalue weighted by Gasteiger charge is 2.47. The van der Waals surface area contributed by atoms with Crippen molar-refractivity contribution in [1.29, 1.82) is 0 Å². The molecule has 4 rings (SSSR count). The molecular weight excluding hydrogens is 312 g/mol. The van der Waals surface area contributed by atoms with Crippen molar-refractivity contribution in [2.75, 3.05) is 11.9 Å². The van der Waals surface area contributed by atoms with Crippen LogP contribution in [0.3, 0.4) is 0 Å². The molecule has 0 bridgehead atoms. The SMILES string of the molecule is CN1Cc2c(ccc(F)c2F)C(O)c2cccc(C3(C=O)CC3)c21. The lowest BCUT2D eigenvalue weighted by molar-refractivity contribution is -0.109. The first kappa shape index (κ1) is 15.3. The number of aliphatic hydroxyl groups is 1. The van der Waals surface area contributed by atoms with Crippen LogP contribution in [0.4, 0.5) is 14.5 Å². The molecule has 1 aliphatic carbocycles. The van der Waals surface area contributed by atoms with Crippen LogP contribution >= 0.6 is 0 Å². The maximum absolute atomic E-state index is 14.3. The van der Waals surface area contributed by atoms with Crippen molar-refractivity contribution in [2.24, 2.45) is 0 Å². The first-order chi connectivity index (χ1) is 11.5. The van der Waals surface area contributed by atoms with Crippen LogP contribution < -0.4 is 4.90 Å². The molecule has 0 spiro atoms. The molecular formula is C19H17F2NO2. The molecule has 124 valence electrons. The molecule has 24 heavy (non-hydrogen) atoms. The van der Waals surface area contributed by atoms with Crippen LogP contribution in [0.15, 0.2) is 30.3 Å². The molecule has 3 nitrogen and oxygen atoms in total. The van der Waals surface area contributed by atoms with Gasteiger partial charge in [0, 0.05) is 30.4 Å². The lowest BCUT2D eigenvalue weighted by Crippen LogP contribution is -2.22. The minimum atomic E-state index is -1.06. The van der Waals surface area contributed by atoms with E-state index in [0.29, 0.717) is 11.1 Å². The molecule has 1 aliphatic heterocycles. The van der Waals surface area contributed by atoms with Crippen molar-refractivity contribution in [2.45, 2.75) is 30.9 Å². The van der Waals surface area contributed by atoms with E-state index in [9.17, 15) is 18.7 Å². The van der Waals surface area contributed by atoms with E-state index in [-0.39, 0.29) is 12.1 Å². The van der Waals surface area contributed by atoms with E-state index in [1.165, 1.54) is 6.07 Å². The number of anilines is 1. The molecule has 1 saturated carbocycles. The first-order valence-electron chi connectivity index (χ1n) is 7.94. The zero-order chi connectivity index (χ0) is 17.1. The number of aldehydes is 1. The van der Waals surface area contributed by atoms with Gasteiger partial charge in [0.05, 0.1) is 5.41 Å². The predicted molar refractivity (Wildman–Crippen MR) is 85.9 cm³/mol. The standard InChI is InChI=1S/C19H17F2NO2/c1-22-9-13-11(5-6-15(20)16(13)21)18(24)12-3-2-4-14(17(12)22)19(10-23)7-8-19/h2-6,10,18,24H,7-9H2,1H3. The number of rotatable bonds is 2. The second kappa shape index (κ2) is 5.11. The number of carbonyl (C=O) groups is 1. The Balaban J connectivity index is 1.95. The fourth-order valence-electron chi connectivity index (χ4n) is 3.70.